The predicted octanol–water partition coefficient (Wildman–Crippen LogP) is 3.60. The summed E-state index contributed by atoms with van der Waals surface area (Å²) in [6, 6.07) is 4.23. The van der Waals surface area contributed by atoms with Crippen LogP contribution in [0.3, 0.4) is 0 Å². The maximum absolute atomic E-state index is 12.2. The Morgan fingerprint density at radius 2 is 2.39 bits per heavy atom. The molecule has 0 spiro atoms. The zero-order chi connectivity index (χ0) is 12.6. The van der Waals surface area contributed by atoms with Gasteiger partial charge in [-0.05, 0) is 37.1 Å². The van der Waals surface area contributed by atoms with E-state index in [1.807, 2.05) is 4.90 Å². The number of rotatable bonds is 3. The van der Waals surface area contributed by atoms with E-state index in [2.05, 4.69) is 30.5 Å². The molecule has 1 fully saturated rings. The van der Waals surface area contributed by atoms with Crippen molar-refractivity contribution in [3.8, 4) is 0 Å². The molecule has 2 nitrogen and oxygen atoms in total. The Labute approximate surface area is 112 Å². The molecule has 0 saturated carbocycles. The van der Waals surface area contributed by atoms with Crippen molar-refractivity contribution in [3.63, 3.8) is 0 Å². The van der Waals surface area contributed by atoms with Crippen molar-refractivity contribution in [1.82, 2.24) is 4.90 Å². The van der Waals surface area contributed by atoms with Gasteiger partial charge in [0.05, 0.1) is 0 Å². The molecule has 0 aromatic carbocycles. The van der Waals surface area contributed by atoms with Crippen LogP contribution in [-0.4, -0.2) is 17.4 Å². The van der Waals surface area contributed by atoms with Crippen molar-refractivity contribution in [1.29, 1.82) is 0 Å². The van der Waals surface area contributed by atoms with E-state index in [0.717, 1.165) is 19.4 Å². The summed E-state index contributed by atoms with van der Waals surface area (Å²) in [5.74, 6) is 0.321. The first-order valence-corrected chi connectivity index (χ1v) is 7.60. The third kappa shape index (κ3) is 2.01. The van der Waals surface area contributed by atoms with Crippen molar-refractivity contribution in [2.24, 2.45) is 5.41 Å². The fourth-order valence-corrected chi connectivity index (χ4v) is 3.90. The number of nitrogens with zero attached hydrogens (tertiary/aromatic N) is 1. The predicted molar refractivity (Wildman–Crippen MR) is 74.4 cm³/mol. The van der Waals surface area contributed by atoms with Gasteiger partial charge < -0.3 is 4.90 Å². The van der Waals surface area contributed by atoms with E-state index < -0.39 is 0 Å². The van der Waals surface area contributed by atoms with E-state index in [1.165, 1.54) is 23.4 Å². The van der Waals surface area contributed by atoms with Crippen LogP contribution in [0.2, 0.25) is 0 Å². The average molecular weight is 261 g/mol. The summed E-state index contributed by atoms with van der Waals surface area (Å²) in [5, 5.41) is 2.10. The second kappa shape index (κ2) is 4.54. The SMILES string of the molecule is CC12CCCC=C1N(CCc1cccs1)C(=O)C2. The van der Waals surface area contributed by atoms with E-state index >= 15 is 0 Å². The summed E-state index contributed by atoms with van der Waals surface area (Å²) >= 11 is 1.78. The Morgan fingerprint density at radius 1 is 1.50 bits per heavy atom. The molecule has 96 valence electrons. The average Bonchev–Trinajstić information content (AvgIpc) is 2.91. The molecule has 0 N–H and O–H groups in total. The molecular formula is C15H19NOS. The molecule has 1 aliphatic heterocycles. The monoisotopic (exact) mass is 261 g/mol. The summed E-state index contributed by atoms with van der Waals surface area (Å²) in [6.45, 7) is 3.10. The fourth-order valence-electron chi connectivity index (χ4n) is 3.21. The first-order chi connectivity index (χ1) is 8.69. The summed E-state index contributed by atoms with van der Waals surface area (Å²) in [5.41, 5.74) is 1.43. The highest BCUT2D eigenvalue weighted by molar-refractivity contribution is 7.09. The van der Waals surface area contributed by atoms with Crippen molar-refractivity contribution < 1.29 is 4.79 Å². The van der Waals surface area contributed by atoms with E-state index in [4.69, 9.17) is 0 Å². The maximum atomic E-state index is 12.2. The molecule has 18 heavy (non-hydrogen) atoms. The minimum Gasteiger partial charge on any atom is -0.316 e. The van der Waals surface area contributed by atoms with Gasteiger partial charge in [-0.15, -0.1) is 11.3 Å². The second-order valence-electron chi connectivity index (χ2n) is 5.59. The van der Waals surface area contributed by atoms with Crippen LogP contribution >= 0.6 is 11.3 Å². The molecule has 1 aliphatic carbocycles. The number of hydrogen-bond donors (Lipinski definition) is 0. The van der Waals surface area contributed by atoms with Gasteiger partial charge >= 0.3 is 0 Å². The molecule has 2 heterocycles. The van der Waals surface area contributed by atoms with Gasteiger partial charge in [-0.2, -0.15) is 0 Å². The lowest BCUT2D eigenvalue weighted by atomic mass is 9.77. The lowest BCUT2D eigenvalue weighted by Gasteiger charge is -2.31. The number of thiophene rings is 1. The zero-order valence-corrected chi connectivity index (χ0v) is 11.6. The lowest BCUT2D eigenvalue weighted by Crippen LogP contribution is -2.28. The van der Waals surface area contributed by atoms with Gasteiger partial charge in [-0.25, -0.2) is 0 Å². The quantitative estimate of drug-likeness (QED) is 0.814. The van der Waals surface area contributed by atoms with Crippen LogP contribution in [-0.2, 0) is 11.2 Å². The molecule has 3 rings (SSSR count). The third-order valence-corrected chi connectivity index (χ3v) is 5.12. The largest absolute Gasteiger partial charge is 0.316 e. The molecule has 1 unspecified atom stereocenters. The Hall–Kier alpha value is -1.09. The van der Waals surface area contributed by atoms with Gasteiger partial charge in [0, 0.05) is 29.0 Å². The molecule has 1 aromatic rings. The van der Waals surface area contributed by atoms with Crippen LogP contribution in [0.4, 0.5) is 0 Å². The zero-order valence-electron chi connectivity index (χ0n) is 10.8. The minimum absolute atomic E-state index is 0.130. The number of hydrogen-bond acceptors (Lipinski definition) is 2. The number of allylic oxidation sites excluding steroid dienone is 2. The van der Waals surface area contributed by atoms with Crippen molar-refractivity contribution in [3.05, 3.63) is 34.2 Å². The Balaban J connectivity index is 1.75. The van der Waals surface area contributed by atoms with Crippen LogP contribution < -0.4 is 0 Å². The molecule has 1 amide bonds. The molecular weight excluding hydrogens is 242 g/mol. The molecule has 3 heteroatoms. The summed E-state index contributed by atoms with van der Waals surface area (Å²) in [4.78, 5) is 15.6. The van der Waals surface area contributed by atoms with Crippen molar-refractivity contribution >= 4 is 17.2 Å². The van der Waals surface area contributed by atoms with Gasteiger partial charge in [-0.3, -0.25) is 4.79 Å². The first kappa shape index (κ1) is 12.0. The number of carbonyl (C=O) groups is 1. The molecule has 1 atom stereocenters. The maximum Gasteiger partial charge on any atom is 0.227 e. The van der Waals surface area contributed by atoms with Crippen LogP contribution in [0.1, 0.15) is 37.5 Å². The summed E-state index contributed by atoms with van der Waals surface area (Å²) < 4.78 is 0. The standard InChI is InChI=1S/C15H19NOS/c1-15-8-3-2-6-13(15)16(14(17)11-15)9-7-12-5-4-10-18-12/h4-6,10H,2-3,7-9,11H2,1H3. The minimum atomic E-state index is 0.130. The number of amides is 1. The Bertz CT molecular complexity index is 477. The van der Waals surface area contributed by atoms with E-state index in [0.29, 0.717) is 12.3 Å². The van der Waals surface area contributed by atoms with Crippen molar-refractivity contribution in [2.45, 2.75) is 39.0 Å². The normalized spacial score (nSPS) is 27.3. The number of carbonyl (C=O) groups excluding carboxylic acids is 1. The highest BCUT2D eigenvalue weighted by atomic mass is 32.1. The molecule has 1 saturated heterocycles. The molecule has 0 bridgehead atoms. The first-order valence-electron chi connectivity index (χ1n) is 6.72. The van der Waals surface area contributed by atoms with Crippen molar-refractivity contribution in [2.75, 3.05) is 6.54 Å². The van der Waals surface area contributed by atoms with Crippen LogP contribution in [0.25, 0.3) is 0 Å². The van der Waals surface area contributed by atoms with E-state index in [-0.39, 0.29) is 5.41 Å². The van der Waals surface area contributed by atoms with Crippen LogP contribution in [0.5, 0.6) is 0 Å². The summed E-state index contributed by atoms with van der Waals surface area (Å²) in [6.07, 6.45) is 7.52. The topological polar surface area (TPSA) is 20.3 Å². The third-order valence-electron chi connectivity index (χ3n) is 4.18. The van der Waals surface area contributed by atoms with E-state index in [1.54, 1.807) is 11.3 Å². The molecule has 0 radical (unpaired) electrons. The lowest BCUT2D eigenvalue weighted by molar-refractivity contribution is -0.126. The number of likely N-dealkylation sites (tertiary alicyclic amines) is 1. The van der Waals surface area contributed by atoms with Gasteiger partial charge in [0.1, 0.15) is 0 Å². The van der Waals surface area contributed by atoms with Gasteiger partial charge in [0.15, 0.2) is 0 Å². The Kier molecular flexibility index (Phi) is 3.02. The molecule has 1 aromatic heterocycles. The highest BCUT2D eigenvalue weighted by Crippen LogP contribution is 2.47. The molecule has 2 aliphatic rings. The summed E-state index contributed by atoms with van der Waals surface area (Å²) in [7, 11) is 0. The van der Waals surface area contributed by atoms with Gasteiger partial charge in [0.25, 0.3) is 0 Å². The smallest absolute Gasteiger partial charge is 0.227 e. The fraction of sp³-hybridized carbons (Fsp3) is 0.533. The Morgan fingerprint density at radius 3 is 3.17 bits per heavy atom. The van der Waals surface area contributed by atoms with Crippen LogP contribution in [0.15, 0.2) is 29.3 Å². The number of fused-ring (bicyclic) bond motifs is 1. The van der Waals surface area contributed by atoms with E-state index in [9.17, 15) is 4.79 Å². The van der Waals surface area contributed by atoms with Gasteiger partial charge in [-0.1, -0.05) is 19.1 Å². The highest BCUT2D eigenvalue weighted by Gasteiger charge is 2.44. The second-order valence-corrected chi connectivity index (χ2v) is 6.63. The van der Waals surface area contributed by atoms with Gasteiger partial charge in [0.2, 0.25) is 5.91 Å². The van der Waals surface area contributed by atoms with Crippen LogP contribution in [0, 0.1) is 5.41 Å².